The molecule has 0 bridgehead atoms. The summed E-state index contributed by atoms with van der Waals surface area (Å²) in [5, 5.41) is 6.65. The fraction of sp³-hybridized carbons (Fsp3) is 0.375. The fourth-order valence-corrected chi connectivity index (χ4v) is 2.91. The average Bonchev–Trinajstić information content (AvgIpc) is 2.44. The zero-order valence-corrected chi connectivity index (χ0v) is 15.2. The van der Waals surface area contributed by atoms with Crippen molar-refractivity contribution < 1.29 is 9.53 Å². The van der Waals surface area contributed by atoms with E-state index in [1.807, 2.05) is 45.0 Å². The first-order valence-electron chi connectivity index (χ1n) is 7.09. The van der Waals surface area contributed by atoms with Crippen molar-refractivity contribution in [3.63, 3.8) is 0 Å². The van der Waals surface area contributed by atoms with Gasteiger partial charge in [-0.2, -0.15) is 0 Å². The highest BCUT2D eigenvalue weighted by molar-refractivity contribution is 9.10. The van der Waals surface area contributed by atoms with Crippen LogP contribution in [-0.4, -0.2) is 17.7 Å². The molecule has 0 radical (unpaired) electrons. The summed E-state index contributed by atoms with van der Waals surface area (Å²) in [5.74, 6) is -0.0292. The number of halogens is 1. The molecular formula is C16H19BrN2O2S. The molecule has 0 spiro atoms. The lowest BCUT2D eigenvalue weighted by Crippen LogP contribution is -2.45. The Kier molecular flexibility index (Phi) is 5.58. The Hall–Kier alpha value is -1.40. The summed E-state index contributed by atoms with van der Waals surface area (Å²) in [6, 6.07) is 7.48. The normalized spacial score (nSPS) is 18.0. The maximum Gasteiger partial charge on any atom is 0.338 e. The molecule has 2 rings (SSSR count). The highest BCUT2D eigenvalue weighted by Crippen LogP contribution is 2.29. The van der Waals surface area contributed by atoms with Crippen LogP contribution in [0.5, 0.6) is 0 Å². The van der Waals surface area contributed by atoms with E-state index in [9.17, 15) is 4.79 Å². The van der Waals surface area contributed by atoms with Crippen molar-refractivity contribution in [3.05, 3.63) is 45.6 Å². The minimum Gasteiger partial charge on any atom is -0.462 e. The first kappa shape index (κ1) is 17.0. The predicted molar refractivity (Wildman–Crippen MR) is 94.2 cm³/mol. The molecule has 0 amide bonds. The Balaban J connectivity index is 2.34. The van der Waals surface area contributed by atoms with E-state index in [4.69, 9.17) is 17.0 Å². The number of esters is 1. The fourth-order valence-electron chi connectivity index (χ4n) is 2.22. The molecule has 0 fully saturated rings. The second-order valence-electron chi connectivity index (χ2n) is 5.62. The third kappa shape index (κ3) is 4.08. The van der Waals surface area contributed by atoms with Crippen molar-refractivity contribution in [3.8, 4) is 0 Å². The lowest BCUT2D eigenvalue weighted by Gasteiger charge is -2.30. The molecular weight excluding hydrogens is 364 g/mol. The molecule has 0 aliphatic carbocycles. The van der Waals surface area contributed by atoms with Gasteiger partial charge in [0.2, 0.25) is 0 Å². The van der Waals surface area contributed by atoms with E-state index >= 15 is 0 Å². The van der Waals surface area contributed by atoms with E-state index < -0.39 is 0 Å². The van der Waals surface area contributed by atoms with Crippen LogP contribution in [0.3, 0.4) is 0 Å². The Morgan fingerprint density at radius 3 is 2.82 bits per heavy atom. The van der Waals surface area contributed by atoms with Gasteiger partial charge in [-0.05, 0) is 42.8 Å². The standard InChI is InChI=1S/C16H19BrN2O2S/c1-9(2)8-21-15(20)13-10(3)18-16(22)19-14(13)11-5-4-6-12(17)7-11/h4-7,9,14H,8H2,1-3H3,(H2,18,19,22). The van der Waals surface area contributed by atoms with Gasteiger partial charge in [-0.15, -0.1) is 0 Å². The van der Waals surface area contributed by atoms with E-state index in [0.717, 1.165) is 15.7 Å². The zero-order valence-electron chi connectivity index (χ0n) is 12.8. The number of benzene rings is 1. The van der Waals surface area contributed by atoms with Crippen LogP contribution in [-0.2, 0) is 9.53 Å². The highest BCUT2D eigenvalue weighted by atomic mass is 79.9. The number of allylic oxidation sites excluding steroid dienone is 1. The van der Waals surface area contributed by atoms with Gasteiger partial charge < -0.3 is 15.4 Å². The average molecular weight is 383 g/mol. The maximum absolute atomic E-state index is 12.5. The largest absolute Gasteiger partial charge is 0.462 e. The third-order valence-electron chi connectivity index (χ3n) is 3.22. The second kappa shape index (κ2) is 7.24. The van der Waals surface area contributed by atoms with Crippen molar-refractivity contribution in [2.24, 2.45) is 5.92 Å². The molecule has 4 nitrogen and oxygen atoms in total. The molecule has 0 saturated heterocycles. The lowest BCUT2D eigenvalue weighted by atomic mass is 9.96. The number of hydrogen-bond acceptors (Lipinski definition) is 3. The second-order valence-corrected chi connectivity index (χ2v) is 6.94. The molecule has 6 heteroatoms. The SMILES string of the molecule is CC1=C(C(=O)OCC(C)C)C(c2cccc(Br)c2)NC(=S)N1. The van der Waals surface area contributed by atoms with E-state index in [-0.39, 0.29) is 12.0 Å². The van der Waals surface area contributed by atoms with Crippen LogP contribution >= 0.6 is 28.1 Å². The number of nitrogens with one attached hydrogen (secondary N) is 2. The minimum atomic E-state index is -0.321. The molecule has 1 atom stereocenters. The first-order valence-corrected chi connectivity index (χ1v) is 8.29. The summed E-state index contributed by atoms with van der Waals surface area (Å²) >= 11 is 8.68. The molecule has 1 aromatic carbocycles. The zero-order chi connectivity index (χ0) is 16.3. The summed E-state index contributed by atoms with van der Waals surface area (Å²) in [4.78, 5) is 12.5. The smallest absolute Gasteiger partial charge is 0.338 e. The van der Waals surface area contributed by atoms with Gasteiger partial charge in [0.15, 0.2) is 5.11 Å². The number of rotatable bonds is 4. The maximum atomic E-state index is 12.5. The number of hydrogen-bond donors (Lipinski definition) is 2. The molecule has 1 aliphatic rings. The summed E-state index contributed by atoms with van der Waals surface area (Å²) in [6.07, 6.45) is 0. The summed E-state index contributed by atoms with van der Waals surface area (Å²) in [6.45, 7) is 6.25. The van der Waals surface area contributed by atoms with Crippen LogP contribution in [0.15, 0.2) is 40.0 Å². The van der Waals surface area contributed by atoms with Crippen molar-refractivity contribution in [1.29, 1.82) is 0 Å². The van der Waals surface area contributed by atoms with Crippen molar-refractivity contribution in [1.82, 2.24) is 10.6 Å². The monoisotopic (exact) mass is 382 g/mol. The van der Waals surface area contributed by atoms with Crippen LogP contribution < -0.4 is 10.6 Å². The van der Waals surface area contributed by atoms with E-state index in [0.29, 0.717) is 23.2 Å². The Bertz CT molecular complexity index is 628. The Labute approximate surface area is 144 Å². The Morgan fingerprint density at radius 1 is 1.45 bits per heavy atom. The van der Waals surface area contributed by atoms with E-state index in [2.05, 4.69) is 26.6 Å². The molecule has 2 N–H and O–H groups in total. The van der Waals surface area contributed by atoms with Gasteiger partial charge in [0.25, 0.3) is 0 Å². The lowest BCUT2D eigenvalue weighted by molar-refractivity contribution is -0.140. The van der Waals surface area contributed by atoms with Gasteiger partial charge in [-0.3, -0.25) is 0 Å². The predicted octanol–water partition coefficient (Wildman–Crippen LogP) is 3.44. The van der Waals surface area contributed by atoms with Crippen molar-refractivity contribution in [2.45, 2.75) is 26.8 Å². The molecule has 1 aliphatic heterocycles. The summed E-state index contributed by atoms with van der Waals surface area (Å²) in [5.41, 5.74) is 2.24. The van der Waals surface area contributed by atoms with E-state index in [1.165, 1.54) is 0 Å². The Morgan fingerprint density at radius 2 is 2.18 bits per heavy atom. The van der Waals surface area contributed by atoms with Crippen molar-refractivity contribution >= 4 is 39.2 Å². The number of carbonyl (C=O) groups is 1. The summed E-state index contributed by atoms with van der Waals surface area (Å²) in [7, 11) is 0. The van der Waals surface area contributed by atoms with Crippen LogP contribution in [0.1, 0.15) is 32.4 Å². The van der Waals surface area contributed by atoms with Gasteiger partial charge >= 0.3 is 5.97 Å². The molecule has 22 heavy (non-hydrogen) atoms. The van der Waals surface area contributed by atoms with Crippen LogP contribution in [0, 0.1) is 5.92 Å². The quantitative estimate of drug-likeness (QED) is 0.616. The van der Waals surface area contributed by atoms with Gasteiger partial charge in [0.1, 0.15) is 0 Å². The topological polar surface area (TPSA) is 50.4 Å². The number of carbonyl (C=O) groups excluding carboxylic acids is 1. The number of thiocarbonyl (C=S) groups is 1. The third-order valence-corrected chi connectivity index (χ3v) is 3.93. The molecule has 0 aromatic heterocycles. The number of ether oxygens (including phenoxy) is 1. The van der Waals surface area contributed by atoms with Gasteiger partial charge in [0, 0.05) is 10.2 Å². The first-order chi connectivity index (χ1) is 10.4. The van der Waals surface area contributed by atoms with Gasteiger partial charge in [-0.1, -0.05) is 41.9 Å². The molecule has 1 aromatic rings. The van der Waals surface area contributed by atoms with Gasteiger partial charge in [0.05, 0.1) is 18.2 Å². The molecule has 118 valence electrons. The highest BCUT2D eigenvalue weighted by Gasteiger charge is 2.31. The van der Waals surface area contributed by atoms with E-state index in [1.54, 1.807) is 0 Å². The molecule has 1 heterocycles. The molecule has 1 unspecified atom stereocenters. The van der Waals surface area contributed by atoms with Crippen molar-refractivity contribution in [2.75, 3.05) is 6.61 Å². The van der Waals surface area contributed by atoms with Crippen LogP contribution in [0.2, 0.25) is 0 Å². The van der Waals surface area contributed by atoms with Crippen LogP contribution in [0.4, 0.5) is 0 Å². The van der Waals surface area contributed by atoms with Crippen LogP contribution in [0.25, 0.3) is 0 Å². The minimum absolute atomic E-state index is 0.291. The van der Waals surface area contributed by atoms with Gasteiger partial charge in [-0.25, -0.2) is 4.79 Å². The molecule has 0 saturated carbocycles. The summed E-state index contributed by atoms with van der Waals surface area (Å²) < 4.78 is 6.35.